The molecule has 128 valence electrons. The maximum absolute atomic E-state index is 11.8. The van der Waals surface area contributed by atoms with Crippen molar-refractivity contribution in [3.05, 3.63) is 0 Å². The average Bonchev–Trinajstić information content (AvgIpc) is 2.24. The number of alkyl halides is 9. The van der Waals surface area contributed by atoms with Crippen LogP contribution in [-0.2, 0) is 28.3 Å². The van der Waals surface area contributed by atoms with Gasteiger partial charge in [0, 0.05) is 0 Å². The maximum Gasteiger partial charge on any atom is 1.00 e. The van der Waals surface area contributed by atoms with E-state index in [1.54, 1.807) is 0 Å². The molecule has 0 rings (SSSR count). The second-order valence-electron chi connectivity index (χ2n) is 3.00. The van der Waals surface area contributed by atoms with E-state index in [0.29, 0.717) is 0 Å². The van der Waals surface area contributed by atoms with Gasteiger partial charge in [0.05, 0.1) is 0 Å². The first-order chi connectivity index (χ1) is 9.55. The van der Waals surface area contributed by atoms with Crippen LogP contribution < -0.4 is 29.6 Å². The minimum absolute atomic E-state index is 0. The summed E-state index contributed by atoms with van der Waals surface area (Å²) in [5, 5.41) is 0. The van der Waals surface area contributed by atoms with Crippen molar-refractivity contribution in [2.45, 2.75) is 18.5 Å². The van der Waals surface area contributed by atoms with Crippen molar-refractivity contribution in [3.63, 3.8) is 0 Å². The summed E-state index contributed by atoms with van der Waals surface area (Å²) in [6.45, 7) is 0. The standard InChI is InChI=1S/C6BF9O6.Na.H/c8-4(9,10)1(17)20-7(21-2(18)5(11,12)13)22-3(19)6(14,15)16;;/q;+1;-1. The van der Waals surface area contributed by atoms with Gasteiger partial charge in [-0.2, -0.15) is 39.5 Å². The zero-order valence-electron chi connectivity index (χ0n) is 11.4. The molecule has 0 aromatic rings. The monoisotopic (exact) mass is 374 g/mol. The normalized spacial score (nSPS) is 11.9. The number of carbonyl (C=O) groups excluding carboxylic acids is 3. The number of hydrogen-bond acceptors (Lipinski definition) is 6. The van der Waals surface area contributed by atoms with Crippen LogP contribution in [0.2, 0.25) is 0 Å². The summed E-state index contributed by atoms with van der Waals surface area (Å²) in [5.41, 5.74) is 0. The van der Waals surface area contributed by atoms with E-state index in [9.17, 15) is 53.9 Å². The first-order valence-electron chi connectivity index (χ1n) is 4.38. The number of halogens is 9. The third-order valence-electron chi connectivity index (χ3n) is 1.30. The molecule has 23 heavy (non-hydrogen) atoms. The van der Waals surface area contributed by atoms with E-state index in [4.69, 9.17) is 0 Å². The summed E-state index contributed by atoms with van der Waals surface area (Å²) in [6.07, 6.45) is -17.6. The summed E-state index contributed by atoms with van der Waals surface area (Å²) in [6, 6.07) is 0. The van der Waals surface area contributed by atoms with Crippen molar-refractivity contribution >= 4 is 25.2 Å². The maximum atomic E-state index is 11.8. The Labute approximate surface area is 143 Å². The molecule has 0 fully saturated rings. The van der Waals surface area contributed by atoms with Crippen LogP contribution >= 0.6 is 0 Å². The van der Waals surface area contributed by atoms with E-state index in [0.717, 1.165) is 0 Å². The zero-order chi connectivity index (χ0) is 17.9. The predicted molar refractivity (Wildman–Crippen MR) is 43.3 cm³/mol. The quantitative estimate of drug-likeness (QED) is 0.438. The van der Waals surface area contributed by atoms with Gasteiger partial charge in [0.2, 0.25) is 0 Å². The Bertz CT molecular complexity index is 396. The molecule has 0 unspecified atom stereocenters. The fraction of sp³-hybridized carbons (Fsp3) is 0.500. The van der Waals surface area contributed by atoms with Crippen molar-refractivity contribution in [1.82, 2.24) is 0 Å². The van der Waals surface area contributed by atoms with Crippen LogP contribution in [0.15, 0.2) is 0 Å². The van der Waals surface area contributed by atoms with Gasteiger partial charge in [-0.3, -0.25) is 0 Å². The van der Waals surface area contributed by atoms with Gasteiger partial charge in [-0.15, -0.1) is 0 Å². The molecular formula is C6HBF9NaO6. The molecule has 0 heterocycles. The van der Waals surface area contributed by atoms with Crippen molar-refractivity contribution in [2.24, 2.45) is 0 Å². The third-order valence-corrected chi connectivity index (χ3v) is 1.30. The minimum Gasteiger partial charge on any atom is -1.00 e. The molecule has 0 bridgehead atoms. The van der Waals surface area contributed by atoms with Crippen LogP contribution in [0.25, 0.3) is 0 Å². The van der Waals surface area contributed by atoms with E-state index >= 15 is 0 Å². The van der Waals surface area contributed by atoms with E-state index in [-0.39, 0.29) is 31.0 Å². The number of hydrogen-bond donors (Lipinski definition) is 0. The molecule has 0 aromatic heterocycles. The van der Waals surface area contributed by atoms with E-state index in [1.807, 2.05) is 0 Å². The Balaban J connectivity index is -0.00000220. The van der Waals surface area contributed by atoms with Crippen LogP contribution in [0.3, 0.4) is 0 Å². The van der Waals surface area contributed by atoms with Crippen molar-refractivity contribution in [3.8, 4) is 0 Å². The predicted octanol–water partition coefficient (Wildman–Crippen LogP) is -1.60. The van der Waals surface area contributed by atoms with Crippen molar-refractivity contribution < 1.29 is 98.8 Å². The van der Waals surface area contributed by atoms with Gasteiger partial charge in [0.15, 0.2) is 0 Å². The fourth-order valence-corrected chi connectivity index (χ4v) is 0.535. The molecule has 0 aliphatic carbocycles. The third kappa shape index (κ3) is 8.90. The Morgan fingerprint density at radius 2 is 0.783 bits per heavy atom. The molecule has 0 saturated carbocycles. The smallest absolute Gasteiger partial charge is 1.00 e. The van der Waals surface area contributed by atoms with Gasteiger partial charge in [0.25, 0.3) is 0 Å². The van der Waals surface area contributed by atoms with E-state index in [1.165, 1.54) is 0 Å². The SMILES string of the molecule is O=C(OB(OC(=O)C(F)(F)F)OC(=O)C(F)(F)F)C(F)(F)F.[H-].[Na+]. The first kappa shape index (κ1) is 24.1. The Kier molecular flexibility index (Phi) is 8.48. The second kappa shape index (κ2) is 8.10. The van der Waals surface area contributed by atoms with E-state index < -0.39 is 43.8 Å². The molecule has 0 saturated heterocycles. The second-order valence-corrected chi connectivity index (χ2v) is 3.00. The Morgan fingerprint density at radius 1 is 0.609 bits per heavy atom. The summed E-state index contributed by atoms with van der Waals surface area (Å²) < 4.78 is 114. The molecule has 0 atom stereocenters. The Hall–Kier alpha value is -1.16. The average molecular weight is 374 g/mol. The topological polar surface area (TPSA) is 78.9 Å². The van der Waals surface area contributed by atoms with Crippen LogP contribution in [0.5, 0.6) is 0 Å². The van der Waals surface area contributed by atoms with Gasteiger partial charge in [-0.25, -0.2) is 14.4 Å². The van der Waals surface area contributed by atoms with Crippen LogP contribution in [0.1, 0.15) is 1.43 Å². The molecule has 6 nitrogen and oxygen atoms in total. The molecule has 0 aromatic carbocycles. The molecule has 0 aliphatic heterocycles. The molecule has 0 aliphatic rings. The summed E-state index contributed by atoms with van der Waals surface area (Å²) >= 11 is 0. The van der Waals surface area contributed by atoms with Crippen molar-refractivity contribution in [2.75, 3.05) is 0 Å². The van der Waals surface area contributed by atoms with Gasteiger partial charge in [-0.05, 0) is 0 Å². The molecule has 17 heteroatoms. The largest absolute Gasteiger partial charge is 1.00 e. The molecular weight excluding hydrogens is 373 g/mol. The summed E-state index contributed by atoms with van der Waals surface area (Å²) in [7, 11) is -3.85. The molecule has 0 radical (unpaired) electrons. The molecule has 0 amide bonds. The summed E-state index contributed by atoms with van der Waals surface area (Å²) in [5.74, 6) is -10.1. The minimum atomic E-state index is -5.88. The van der Waals surface area contributed by atoms with Crippen LogP contribution in [0, 0.1) is 0 Å². The Morgan fingerprint density at radius 3 is 0.913 bits per heavy atom. The number of rotatable bonds is 3. The van der Waals surface area contributed by atoms with Crippen LogP contribution in [0.4, 0.5) is 39.5 Å². The molecule has 0 N–H and O–H groups in total. The number of carbonyl (C=O) groups is 3. The van der Waals surface area contributed by atoms with Gasteiger partial charge >= 0.3 is 73.3 Å². The first-order valence-corrected chi connectivity index (χ1v) is 4.38. The molecule has 0 spiro atoms. The van der Waals surface area contributed by atoms with Crippen molar-refractivity contribution in [1.29, 1.82) is 0 Å². The van der Waals surface area contributed by atoms with Gasteiger partial charge < -0.3 is 15.4 Å². The van der Waals surface area contributed by atoms with Gasteiger partial charge in [-0.1, -0.05) is 0 Å². The summed E-state index contributed by atoms with van der Waals surface area (Å²) in [4.78, 5) is 30.7. The fourth-order valence-electron chi connectivity index (χ4n) is 0.535. The van der Waals surface area contributed by atoms with Gasteiger partial charge in [0.1, 0.15) is 0 Å². The zero-order valence-corrected chi connectivity index (χ0v) is 12.4. The van der Waals surface area contributed by atoms with E-state index in [2.05, 4.69) is 14.0 Å². The van der Waals surface area contributed by atoms with Crippen LogP contribution in [-0.4, -0.2) is 43.8 Å².